The molecule has 5 aliphatic carbocycles. The van der Waals surface area contributed by atoms with Crippen molar-refractivity contribution in [2.45, 2.75) is 191 Å². The maximum Gasteiger partial charge on any atom is 0.186 e. The Morgan fingerprint density at radius 1 is 0.642 bits per heavy atom. The van der Waals surface area contributed by atoms with Crippen LogP contribution >= 0.6 is 0 Å². The van der Waals surface area contributed by atoms with E-state index < -0.39 is 84.1 Å². The van der Waals surface area contributed by atoms with E-state index in [2.05, 4.69) is 34.6 Å². The van der Waals surface area contributed by atoms with Crippen LogP contribution in [0.25, 0.3) is 0 Å². The Bertz CT molecular complexity index is 1410. The van der Waals surface area contributed by atoms with E-state index in [-0.39, 0.29) is 58.7 Å². The fourth-order valence-electron chi connectivity index (χ4n) is 14.6. The molecule has 3 aliphatic heterocycles. The normalized spacial score (nSPS) is 59.0. The van der Waals surface area contributed by atoms with Gasteiger partial charge in [0.2, 0.25) is 0 Å². The molecule has 0 aromatic rings. The summed E-state index contributed by atoms with van der Waals surface area (Å²) in [4.78, 5) is 0. The van der Waals surface area contributed by atoms with Gasteiger partial charge in [-0.25, -0.2) is 0 Å². The van der Waals surface area contributed by atoms with Crippen molar-refractivity contribution >= 4 is 0 Å². The first-order valence-electron chi connectivity index (χ1n) is 20.3. The van der Waals surface area contributed by atoms with Crippen molar-refractivity contribution in [3.8, 4) is 0 Å². The highest BCUT2D eigenvalue weighted by molar-refractivity contribution is 5.33. The molecule has 8 aliphatic rings. The topological polar surface area (TPSA) is 208 Å². The van der Waals surface area contributed by atoms with Crippen molar-refractivity contribution in [3.63, 3.8) is 0 Å². The second kappa shape index (κ2) is 12.5. The summed E-state index contributed by atoms with van der Waals surface area (Å²) < 4.78 is 31.8. The molecule has 12 unspecified atom stereocenters. The highest BCUT2D eigenvalue weighted by Crippen LogP contribution is 2.89. The van der Waals surface area contributed by atoms with Crippen LogP contribution in [0, 0.1) is 44.8 Å². The molecule has 3 heterocycles. The summed E-state index contributed by atoms with van der Waals surface area (Å²) in [6.07, 6.45) is -4.95. The molecule has 3 saturated heterocycles. The molecule has 53 heavy (non-hydrogen) atoms. The summed E-state index contributed by atoms with van der Waals surface area (Å²) in [7, 11) is 0. The maximum atomic E-state index is 12.2. The Morgan fingerprint density at radius 2 is 1.25 bits per heavy atom. The van der Waals surface area contributed by atoms with Crippen molar-refractivity contribution in [1.29, 1.82) is 0 Å². The molecule has 2 spiro atoms. The molecule has 13 nitrogen and oxygen atoms in total. The summed E-state index contributed by atoms with van der Waals surface area (Å²) in [6.45, 7) is 14.4. The fourth-order valence-corrected chi connectivity index (χ4v) is 14.6. The molecule has 0 aromatic heterocycles. The van der Waals surface area contributed by atoms with Gasteiger partial charge in [-0.3, -0.25) is 0 Å². The molecule has 0 bridgehead atoms. The molecule has 0 aromatic carbocycles. The van der Waals surface area contributed by atoms with Crippen molar-refractivity contribution in [2.24, 2.45) is 44.8 Å². The molecule has 8 N–H and O–H groups in total. The van der Waals surface area contributed by atoms with Gasteiger partial charge in [0, 0.05) is 5.92 Å². The summed E-state index contributed by atoms with van der Waals surface area (Å²) in [5, 5.41) is 86.4. The molecular weight excluding hydrogens is 688 g/mol. The molecule has 20 atom stereocenters. The Morgan fingerprint density at radius 3 is 1.83 bits per heavy atom. The number of ether oxygens (including phenoxy) is 5. The van der Waals surface area contributed by atoms with Crippen LogP contribution in [-0.4, -0.2) is 139 Å². The Balaban J connectivity index is 1.14. The van der Waals surface area contributed by atoms with E-state index in [0.29, 0.717) is 19.3 Å². The quantitative estimate of drug-likeness (QED) is 0.181. The van der Waals surface area contributed by atoms with E-state index in [4.69, 9.17) is 23.7 Å². The standard InChI is InChI=1S/C40H66O13/c1-34(2)24(52-33-29(47)27(45)21(43)17-50-33)9-11-40-18-39(40)13-12-36(5)30(38(7)10-8-25(53-38)35(3,4)48)19(41)15-37(36,6)23(39)14-22(31(34)40)51-32-28(46)26(44)20(42)16-49-32/h19-33,41-48H,8-18H2,1-7H3/t19-,20?,21?,22-,23?,24-,25?,26?,27?,28?,29?,30?,31?,32?,33?,36+,37-,38+,39-,40+/m0/s1. The van der Waals surface area contributed by atoms with Gasteiger partial charge in [-0.05, 0) is 117 Å². The lowest BCUT2D eigenvalue weighted by atomic mass is 9.41. The molecule has 0 amide bonds. The zero-order chi connectivity index (χ0) is 38.5. The SMILES string of the molecule is CC(C)(O)C1CC[C@](C)(C2[C@@H](O)C[C@@]3(C)C4C[C@H](OC5OCC(O)C(O)C5O)C5C(C)(C)[C@@H](OC6OCC(O)C(O)C6O)CC[C@@]56C[C@@]46CC[C@]23C)O1. The van der Waals surface area contributed by atoms with E-state index in [1.165, 1.54) is 0 Å². The first-order valence-corrected chi connectivity index (χ1v) is 20.3. The van der Waals surface area contributed by atoms with Crippen molar-refractivity contribution in [2.75, 3.05) is 13.2 Å². The van der Waals surface area contributed by atoms with Crippen LogP contribution in [0.2, 0.25) is 0 Å². The van der Waals surface area contributed by atoms with Crippen molar-refractivity contribution in [1.82, 2.24) is 0 Å². The highest BCUT2D eigenvalue weighted by atomic mass is 16.7. The van der Waals surface area contributed by atoms with Gasteiger partial charge in [0.15, 0.2) is 12.6 Å². The van der Waals surface area contributed by atoms with E-state index in [9.17, 15) is 40.9 Å². The largest absolute Gasteiger partial charge is 0.393 e. The number of hydrogen-bond donors (Lipinski definition) is 8. The second-order valence-electron chi connectivity index (χ2n) is 20.6. The lowest BCUT2D eigenvalue weighted by Gasteiger charge is -2.65. The minimum Gasteiger partial charge on any atom is -0.393 e. The number of aliphatic hydroxyl groups excluding tert-OH is 7. The van der Waals surface area contributed by atoms with Crippen LogP contribution < -0.4 is 0 Å². The molecule has 8 fully saturated rings. The predicted molar refractivity (Wildman–Crippen MR) is 188 cm³/mol. The fraction of sp³-hybridized carbons (Fsp3) is 1.00. The number of fused-ring (bicyclic) bond motifs is 2. The minimum absolute atomic E-state index is 0.0153. The van der Waals surface area contributed by atoms with E-state index >= 15 is 0 Å². The van der Waals surface area contributed by atoms with Gasteiger partial charge in [-0.1, -0.05) is 27.7 Å². The van der Waals surface area contributed by atoms with Crippen LogP contribution in [0.1, 0.15) is 106 Å². The zero-order valence-corrected chi connectivity index (χ0v) is 32.6. The minimum atomic E-state index is -1.45. The van der Waals surface area contributed by atoms with Gasteiger partial charge in [0.05, 0.1) is 48.8 Å². The molecule has 5 saturated carbocycles. The average molecular weight is 755 g/mol. The molecule has 13 heteroatoms. The van der Waals surface area contributed by atoms with Crippen LogP contribution in [0.4, 0.5) is 0 Å². The van der Waals surface area contributed by atoms with Gasteiger partial charge >= 0.3 is 0 Å². The molecule has 8 rings (SSSR count). The van der Waals surface area contributed by atoms with E-state index in [1.54, 1.807) is 13.8 Å². The van der Waals surface area contributed by atoms with Gasteiger partial charge in [-0.15, -0.1) is 0 Å². The summed E-state index contributed by atoms with van der Waals surface area (Å²) >= 11 is 0. The number of rotatable bonds is 6. The lowest BCUT2D eigenvalue weighted by molar-refractivity contribution is -0.326. The van der Waals surface area contributed by atoms with Crippen molar-refractivity contribution < 1.29 is 64.5 Å². The lowest BCUT2D eigenvalue weighted by Crippen LogP contribution is -2.64. The maximum absolute atomic E-state index is 12.2. The third-order valence-corrected chi connectivity index (χ3v) is 17.2. The second-order valence-corrected chi connectivity index (χ2v) is 20.6. The first kappa shape index (κ1) is 39.3. The van der Waals surface area contributed by atoms with E-state index in [0.717, 1.165) is 38.5 Å². The summed E-state index contributed by atoms with van der Waals surface area (Å²) in [5.41, 5.74) is -2.85. The third-order valence-electron chi connectivity index (χ3n) is 17.2. The van der Waals surface area contributed by atoms with Gasteiger partial charge < -0.3 is 64.5 Å². The van der Waals surface area contributed by atoms with Gasteiger partial charge in [0.1, 0.15) is 36.6 Å². The smallest absolute Gasteiger partial charge is 0.186 e. The summed E-state index contributed by atoms with van der Waals surface area (Å²) in [6, 6.07) is 0. The molecular formula is C40H66O13. The predicted octanol–water partition coefficient (Wildman–Crippen LogP) is 1.36. The molecule has 304 valence electrons. The zero-order valence-electron chi connectivity index (χ0n) is 32.6. The Kier molecular flexibility index (Phi) is 9.27. The number of aliphatic hydroxyl groups is 8. The van der Waals surface area contributed by atoms with Crippen LogP contribution in [0.15, 0.2) is 0 Å². The third kappa shape index (κ3) is 5.42. The molecule has 0 radical (unpaired) electrons. The number of hydrogen-bond acceptors (Lipinski definition) is 13. The van der Waals surface area contributed by atoms with Crippen molar-refractivity contribution in [3.05, 3.63) is 0 Å². The monoisotopic (exact) mass is 754 g/mol. The average Bonchev–Trinajstić information content (AvgIpc) is 3.44. The van der Waals surface area contributed by atoms with Gasteiger partial charge in [0.25, 0.3) is 0 Å². The summed E-state index contributed by atoms with van der Waals surface area (Å²) in [5.74, 6) is -0.0540. The van der Waals surface area contributed by atoms with Crippen LogP contribution in [0.5, 0.6) is 0 Å². The van der Waals surface area contributed by atoms with E-state index in [1.807, 2.05) is 0 Å². The Labute approximate surface area is 313 Å². The Hall–Kier alpha value is -0.520. The van der Waals surface area contributed by atoms with Crippen LogP contribution in [-0.2, 0) is 23.7 Å². The van der Waals surface area contributed by atoms with Gasteiger partial charge in [-0.2, -0.15) is 0 Å². The van der Waals surface area contributed by atoms with Crippen LogP contribution in [0.3, 0.4) is 0 Å². The first-order chi connectivity index (χ1) is 24.6. The highest BCUT2D eigenvalue weighted by Gasteiger charge is 2.85.